The summed E-state index contributed by atoms with van der Waals surface area (Å²) in [4.78, 5) is 11.3. The van der Waals surface area contributed by atoms with E-state index in [9.17, 15) is 4.79 Å². The number of methoxy groups -OCH3 is 1. The highest BCUT2D eigenvalue weighted by Crippen LogP contribution is 2.09. The average molecular weight is 213 g/mol. The van der Waals surface area contributed by atoms with E-state index in [1.807, 2.05) is 0 Å². The molecule has 0 aliphatic carbocycles. The molecule has 0 saturated heterocycles. The predicted molar refractivity (Wildman–Crippen MR) is 53.3 cm³/mol. The molecule has 0 aliphatic heterocycles. The van der Waals surface area contributed by atoms with Gasteiger partial charge in [0.25, 0.3) is 0 Å². The smallest absolute Gasteiger partial charge is 0.358 e. The Balaban J connectivity index is 2.91. The quantitative estimate of drug-likeness (QED) is 0.630. The lowest BCUT2D eigenvalue weighted by Gasteiger charge is -2.06. The van der Waals surface area contributed by atoms with Gasteiger partial charge in [-0.25, -0.2) is 4.79 Å². The maximum absolute atomic E-state index is 11.3. The molecule has 0 spiro atoms. The first kappa shape index (κ1) is 11.7. The lowest BCUT2D eigenvalue weighted by atomic mass is 10.1. The van der Waals surface area contributed by atoms with Crippen molar-refractivity contribution in [1.29, 1.82) is 0 Å². The van der Waals surface area contributed by atoms with Crippen LogP contribution in [0.4, 0.5) is 0 Å². The van der Waals surface area contributed by atoms with Gasteiger partial charge in [-0.05, 0) is 6.42 Å². The van der Waals surface area contributed by atoms with Crippen molar-refractivity contribution in [2.24, 2.45) is 12.8 Å². The summed E-state index contributed by atoms with van der Waals surface area (Å²) in [5.41, 5.74) is 6.53. The summed E-state index contributed by atoms with van der Waals surface area (Å²) < 4.78 is 6.11. The summed E-state index contributed by atoms with van der Waals surface area (Å²) in [7, 11) is 3.01. The zero-order valence-corrected chi connectivity index (χ0v) is 8.80. The molecule has 0 aliphatic rings. The lowest BCUT2D eigenvalue weighted by molar-refractivity contribution is 0.0591. The number of esters is 1. The number of ether oxygens (including phenoxy) is 1. The summed E-state index contributed by atoms with van der Waals surface area (Å²) in [5.74, 6) is -0.490. The molecule has 1 aromatic rings. The monoisotopic (exact) mass is 213 g/mol. The number of carbonyl (C=O) groups excluding carboxylic acids is 1. The van der Waals surface area contributed by atoms with Crippen molar-refractivity contribution in [1.82, 2.24) is 9.78 Å². The van der Waals surface area contributed by atoms with Crippen LogP contribution in [-0.4, -0.2) is 40.6 Å². The fourth-order valence-corrected chi connectivity index (χ4v) is 1.30. The molecule has 1 aromatic heterocycles. The van der Waals surface area contributed by atoms with Gasteiger partial charge in [-0.15, -0.1) is 0 Å². The maximum Gasteiger partial charge on any atom is 0.358 e. The molecular weight excluding hydrogens is 198 g/mol. The minimum absolute atomic E-state index is 0.129. The molecule has 0 amide bonds. The van der Waals surface area contributed by atoms with Crippen LogP contribution in [0.25, 0.3) is 0 Å². The first-order valence-corrected chi connectivity index (χ1v) is 4.55. The van der Waals surface area contributed by atoms with Crippen LogP contribution >= 0.6 is 0 Å². The highest BCUT2D eigenvalue weighted by atomic mass is 16.5. The lowest BCUT2D eigenvalue weighted by Crippen LogP contribution is -2.27. The van der Waals surface area contributed by atoms with E-state index >= 15 is 0 Å². The molecule has 1 rings (SSSR count). The Hall–Kier alpha value is -1.40. The number of nitrogens with zero attached hydrogens (tertiary/aromatic N) is 2. The summed E-state index contributed by atoms with van der Waals surface area (Å²) in [6, 6.07) is -0.391. The molecule has 1 heterocycles. The third kappa shape index (κ3) is 2.77. The van der Waals surface area contributed by atoms with E-state index < -0.39 is 12.0 Å². The number of hydrogen-bond acceptors (Lipinski definition) is 5. The van der Waals surface area contributed by atoms with Crippen LogP contribution in [0.1, 0.15) is 16.1 Å². The van der Waals surface area contributed by atoms with Crippen molar-refractivity contribution in [3.8, 4) is 0 Å². The fourth-order valence-electron chi connectivity index (χ4n) is 1.30. The van der Waals surface area contributed by atoms with Gasteiger partial charge in [0, 0.05) is 24.8 Å². The minimum atomic E-state index is -0.490. The second-order valence-corrected chi connectivity index (χ2v) is 3.31. The standard InChI is InChI=1S/C9H15N3O3/c1-12-4-6(3-7(10)5-13)8(11-12)9(14)15-2/h4,7,13H,3,5,10H2,1-2H3. The van der Waals surface area contributed by atoms with Gasteiger partial charge in [-0.1, -0.05) is 0 Å². The normalized spacial score (nSPS) is 12.5. The largest absolute Gasteiger partial charge is 0.464 e. The van der Waals surface area contributed by atoms with E-state index in [1.165, 1.54) is 11.8 Å². The molecule has 0 radical (unpaired) electrons. The zero-order valence-electron chi connectivity index (χ0n) is 8.80. The Kier molecular flexibility index (Phi) is 3.81. The van der Waals surface area contributed by atoms with Crippen molar-refractivity contribution >= 4 is 5.97 Å². The van der Waals surface area contributed by atoms with E-state index in [-0.39, 0.29) is 12.3 Å². The van der Waals surface area contributed by atoms with E-state index in [4.69, 9.17) is 10.8 Å². The van der Waals surface area contributed by atoms with Crippen LogP contribution in [0.3, 0.4) is 0 Å². The number of aryl methyl sites for hydroxylation is 1. The van der Waals surface area contributed by atoms with Crippen LogP contribution in [0, 0.1) is 0 Å². The molecule has 1 unspecified atom stereocenters. The van der Waals surface area contributed by atoms with Crippen LogP contribution in [0.2, 0.25) is 0 Å². The topological polar surface area (TPSA) is 90.4 Å². The first-order valence-electron chi connectivity index (χ1n) is 4.55. The second kappa shape index (κ2) is 4.90. The third-order valence-electron chi connectivity index (χ3n) is 2.00. The van der Waals surface area contributed by atoms with Crippen LogP contribution in [0.15, 0.2) is 6.20 Å². The molecule has 84 valence electrons. The highest BCUT2D eigenvalue weighted by molar-refractivity contribution is 5.88. The van der Waals surface area contributed by atoms with E-state index in [1.54, 1.807) is 13.2 Å². The third-order valence-corrected chi connectivity index (χ3v) is 2.00. The average Bonchev–Trinajstić information content (AvgIpc) is 2.58. The summed E-state index contributed by atoms with van der Waals surface area (Å²) >= 11 is 0. The van der Waals surface area contributed by atoms with Crippen molar-refractivity contribution in [3.05, 3.63) is 17.5 Å². The van der Waals surface area contributed by atoms with Gasteiger partial charge in [0.05, 0.1) is 13.7 Å². The number of aromatic nitrogens is 2. The number of carbonyl (C=O) groups is 1. The summed E-state index contributed by atoms with van der Waals surface area (Å²) in [6.45, 7) is -0.129. The fraction of sp³-hybridized carbons (Fsp3) is 0.556. The molecule has 15 heavy (non-hydrogen) atoms. The van der Waals surface area contributed by atoms with E-state index in [0.29, 0.717) is 12.0 Å². The maximum atomic E-state index is 11.3. The first-order chi connectivity index (χ1) is 7.08. The van der Waals surface area contributed by atoms with Crippen molar-refractivity contribution < 1.29 is 14.6 Å². The van der Waals surface area contributed by atoms with Crippen molar-refractivity contribution in [2.75, 3.05) is 13.7 Å². The zero-order chi connectivity index (χ0) is 11.4. The molecule has 3 N–H and O–H groups in total. The van der Waals surface area contributed by atoms with Gasteiger partial charge in [0.15, 0.2) is 5.69 Å². The Morgan fingerprint density at radius 1 is 1.80 bits per heavy atom. The molecule has 0 bridgehead atoms. The predicted octanol–water partition coefficient (Wildman–Crippen LogP) is -0.931. The number of aliphatic hydroxyl groups is 1. The SMILES string of the molecule is COC(=O)c1nn(C)cc1CC(N)CO. The molecule has 0 saturated carbocycles. The number of nitrogens with two attached hydrogens (primary N) is 1. The molecular formula is C9H15N3O3. The van der Waals surface area contributed by atoms with Crippen molar-refractivity contribution in [2.45, 2.75) is 12.5 Å². The van der Waals surface area contributed by atoms with Crippen LogP contribution in [0.5, 0.6) is 0 Å². The summed E-state index contributed by atoms with van der Waals surface area (Å²) in [5, 5.41) is 12.8. The van der Waals surface area contributed by atoms with Gasteiger partial charge in [0.2, 0.25) is 0 Å². The molecule has 0 aromatic carbocycles. The summed E-state index contributed by atoms with van der Waals surface area (Å²) in [6.07, 6.45) is 2.09. The highest BCUT2D eigenvalue weighted by Gasteiger charge is 2.17. The van der Waals surface area contributed by atoms with Gasteiger partial charge in [0.1, 0.15) is 0 Å². The molecule has 6 heteroatoms. The van der Waals surface area contributed by atoms with Gasteiger partial charge >= 0.3 is 5.97 Å². The number of hydrogen-bond donors (Lipinski definition) is 2. The molecule has 0 fully saturated rings. The minimum Gasteiger partial charge on any atom is -0.464 e. The van der Waals surface area contributed by atoms with E-state index in [2.05, 4.69) is 9.84 Å². The molecule has 1 atom stereocenters. The Bertz CT molecular complexity index is 348. The van der Waals surface area contributed by atoms with Crippen LogP contribution < -0.4 is 5.73 Å². The number of rotatable bonds is 4. The van der Waals surface area contributed by atoms with Gasteiger partial charge in [-0.3, -0.25) is 4.68 Å². The van der Waals surface area contributed by atoms with Crippen molar-refractivity contribution in [3.63, 3.8) is 0 Å². The van der Waals surface area contributed by atoms with Gasteiger partial charge in [-0.2, -0.15) is 5.10 Å². The number of aliphatic hydroxyl groups excluding tert-OH is 1. The van der Waals surface area contributed by atoms with Gasteiger partial charge < -0.3 is 15.6 Å². The Labute approximate surface area is 87.6 Å². The Morgan fingerprint density at radius 3 is 3.00 bits per heavy atom. The van der Waals surface area contributed by atoms with E-state index in [0.717, 1.165) is 0 Å². The Morgan fingerprint density at radius 2 is 2.47 bits per heavy atom. The second-order valence-electron chi connectivity index (χ2n) is 3.31. The molecule has 6 nitrogen and oxygen atoms in total. The van der Waals surface area contributed by atoms with Crippen LogP contribution in [-0.2, 0) is 18.2 Å².